The summed E-state index contributed by atoms with van der Waals surface area (Å²) in [5.74, 6) is 0. The van der Waals surface area contributed by atoms with Crippen LogP contribution in [-0.4, -0.2) is 19.9 Å². The topological polar surface area (TPSA) is 20.3 Å². The molecule has 0 spiro atoms. The first-order valence-corrected chi connectivity index (χ1v) is 4.86. The van der Waals surface area contributed by atoms with Gasteiger partial charge in [0.05, 0.1) is 0 Å². The Morgan fingerprint density at radius 2 is 1.79 bits per heavy atom. The second-order valence-corrected chi connectivity index (χ2v) is 3.72. The molecule has 0 aromatic heterocycles. The first-order chi connectivity index (χ1) is 6.63. The van der Waals surface area contributed by atoms with E-state index in [1.165, 1.54) is 16.8 Å². The average molecular weight is 191 g/mol. The Morgan fingerprint density at radius 3 is 2.29 bits per heavy atom. The van der Waals surface area contributed by atoms with Crippen LogP contribution >= 0.6 is 0 Å². The van der Waals surface area contributed by atoms with Crippen LogP contribution in [0.4, 0.5) is 5.69 Å². The quantitative estimate of drug-likeness (QED) is 0.681. The normalized spacial score (nSPS) is 9.93. The highest BCUT2D eigenvalue weighted by Gasteiger charge is 2.01. The van der Waals surface area contributed by atoms with Gasteiger partial charge < -0.3 is 9.69 Å². The Hall–Kier alpha value is -1.31. The lowest BCUT2D eigenvalue weighted by Gasteiger charge is -2.19. The van der Waals surface area contributed by atoms with E-state index < -0.39 is 0 Å². The fourth-order valence-electron chi connectivity index (χ4n) is 1.55. The van der Waals surface area contributed by atoms with Gasteiger partial charge in [-0.15, -0.1) is 0 Å². The van der Waals surface area contributed by atoms with E-state index in [1.54, 1.807) is 0 Å². The van der Waals surface area contributed by atoms with Gasteiger partial charge in [-0.05, 0) is 37.1 Å². The molecule has 0 saturated heterocycles. The van der Waals surface area contributed by atoms with E-state index in [0.717, 1.165) is 12.8 Å². The molecule has 0 saturated carbocycles. The Kier molecular flexibility index (Phi) is 3.69. The number of hydrogen-bond donors (Lipinski definition) is 0. The van der Waals surface area contributed by atoms with Crippen molar-refractivity contribution in [3.8, 4) is 0 Å². The van der Waals surface area contributed by atoms with Crippen molar-refractivity contribution < 1.29 is 4.79 Å². The third-order valence-electron chi connectivity index (χ3n) is 2.23. The van der Waals surface area contributed by atoms with Crippen LogP contribution in [0.3, 0.4) is 0 Å². The molecule has 0 bridgehead atoms. The fourth-order valence-corrected chi connectivity index (χ4v) is 1.55. The Bertz CT molecular complexity index is 300. The van der Waals surface area contributed by atoms with Gasteiger partial charge in [-0.2, -0.15) is 0 Å². The number of aldehydes is 1. The van der Waals surface area contributed by atoms with Crippen molar-refractivity contribution in [2.45, 2.75) is 20.3 Å². The summed E-state index contributed by atoms with van der Waals surface area (Å²) in [5, 5.41) is 0. The van der Waals surface area contributed by atoms with Crippen molar-refractivity contribution in [1.82, 2.24) is 0 Å². The minimum absolute atomic E-state index is 0.587. The Morgan fingerprint density at radius 1 is 1.21 bits per heavy atom. The molecule has 0 heterocycles. The summed E-state index contributed by atoms with van der Waals surface area (Å²) in [7, 11) is 2.01. The van der Waals surface area contributed by atoms with Crippen molar-refractivity contribution in [3.05, 3.63) is 29.3 Å². The molecular weight excluding hydrogens is 174 g/mol. The third kappa shape index (κ3) is 2.87. The SMILES string of the molecule is Cc1cc(C)cc(N(C)CCC=O)c1. The van der Waals surface area contributed by atoms with Gasteiger partial charge in [-0.3, -0.25) is 0 Å². The number of benzene rings is 1. The number of rotatable bonds is 4. The zero-order valence-corrected chi connectivity index (χ0v) is 9.08. The van der Waals surface area contributed by atoms with Crippen LogP contribution in [-0.2, 0) is 4.79 Å². The lowest BCUT2D eigenvalue weighted by Crippen LogP contribution is -2.18. The van der Waals surface area contributed by atoms with Gasteiger partial charge in [-0.1, -0.05) is 6.07 Å². The molecule has 1 aromatic rings. The van der Waals surface area contributed by atoms with Crippen LogP contribution in [0.1, 0.15) is 17.5 Å². The zero-order valence-electron chi connectivity index (χ0n) is 9.08. The number of nitrogens with zero attached hydrogens (tertiary/aromatic N) is 1. The zero-order chi connectivity index (χ0) is 10.6. The molecule has 0 N–H and O–H groups in total. The second-order valence-electron chi connectivity index (χ2n) is 3.72. The maximum Gasteiger partial charge on any atom is 0.121 e. The van der Waals surface area contributed by atoms with E-state index in [4.69, 9.17) is 0 Å². The van der Waals surface area contributed by atoms with Gasteiger partial charge in [0.25, 0.3) is 0 Å². The van der Waals surface area contributed by atoms with Crippen molar-refractivity contribution >= 4 is 12.0 Å². The number of aryl methyl sites for hydroxylation is 2. The molecule has 0 aliphatic carbocycles. The maximum atomic E-state index is 10.2. The number of carbonyl (C=O) groups excluding carboxylic acids is 1. The molecule has 1 aromatic carbocycles. The minimum atomic E-state index is 0.587. The van der Waals surface area contributed by atoms with Crippen molar-refractivity contribution in [3.63, 3.8) is 0 Å². The summed E-state index contributed by atoms with van der Waals surface area (Å²) in [6.07, 6.45) is 1.54. The smallest absolute Gasteiger partial charge is 0.121 e. The largest absolute Gasteiger partial charge is 0.374 e. The molecule has 0 unspecified atom stereocenters. The molecule has 0 fully saturated rings. The molecule has 0 aliphatic rings. The van der Waals surface area contributed by atoms with Gasteiger partial charge in [0.15, 0.2) is 0 Å². The van der Waals surface area contributed by atoms with Crippen LogP contribution in [0.25, 0.3) is 0 Å². The molecule has 0 amide bonds. The van der Waals surface area contributed by atoms with E-state index in [0.29, 0.717) is 6.42 Å². The summed E-state index contributed by atoms with van der Waals surface area (Å²) in [6, 6.07) is 6.42. The van der Waals surface area contributed by atoms with Crippen molar-refractivity contribution in [1.29, 1.82) is 0 Å². The van der Waals surface area contributed by atoms with Crippen LogP contribution in [0.2, 0.25) is 0 Å². The molecule has 0 aliphatic heterocycles. The highest BCUT2D eigenvalue weighted by atomic mass is 16.1. The van der Waals surface area contributed by atoms with Gasteiger partial charge in [-0.25, -0.2) is 0 Å². The summed E-state index contributed by atoms with van der Waals surface area (Å²) >= 11 is 0. The van der Waals surface area contributed by atoms with Gasteiger partial charge in [0, 0.05) is 25.7 Å². The molecule has 14 heavy (non-hydrogen) atoms. The molecular formula is C12H17NO. The van der Waals surface area contributed by atoms with Gasteiger partial charge in [0.1, 0.15) is 6.29 Å². The highest BCUT2D eigenvalue weighted by Crippen LogP contribution is 2.17. The minimum Gasteiger partial charge on any atom is -0.374 e. The van der Waals surface area contributed by atoms with E-state index in [9.17, 15) is 4.79 Å². The Balaban J connectivity index is 2.78. The van der Waals surface area contributed by atoms with E-state index in [-0.39, 0.29) is 0 Å². The average Bonchev–Trinajstić information content (AvgIpc) is 2.12. The third-order valence-corrected chi connectivity index (χ3v) is 2.23. The molecule has 0 atom stereocenters. The second kappa shape index (κ2) is 4.80. The number of carbonyl (C=O) groups is 1. The van der Waals surface area contributed by atoms with Gasteiger partial charge >= 0.3 is 0 Å². The number of anilines is 1. The Labute approximate surface area is 85.5 Å². The monoisotopic (exact) mass is 191 g/mol. The van der Waals surface area contributed by atoms with Crippen LogP contribution < -0.4 is 4.90 Å². The van der Waals surface area contributed by atoms with E-state index >= 15 is 0 Å². The summed E-state index contributed by atoms with van der Waals surface area (Å²) in [4.78, 5) is 12.4. The van der Waals surface area contributed by atoms with Crippen LogP contribution in [0, 0.1) is 13.8 Å². The van der Waals surface area contributed by atoms with Crippen molar-refractivity contribution in [2.24, 2.45) is 0 Å². The number of hydrogen-bond acceptors (Lipinski definition) is 2. The first kappa shape index (κ1) is 10.8. The van der Waals surface area contributed by atoms with E-state index in [1.807, 2.05) is 7.05 Å². The predicted molar refractivity (Wildman–Crippen MR) is 59.9 cm³/mol. The van der Waals surface area contributed by atoms with E-state index in [2.05, 4.69) is 36.9 Å². The van der Waals surface area contributed by atoms with Crippen molar-refractivity contribution in [2.75, 3.05) is 18.5 Å². The lowest BCUT2D eigenvalue weighted by atomic mass is 10.1. The molecule has 1 rings (SSSR count). The van der Waals surface area contributed by atoms with Crippen LogP contribution in [0.15, 0.2) is 18.2 Å². The molecule has 2 nitrogen and oxygen atoms in total. The maximum absolute atomic E-state index is 10.2. The summed E-state index contributed by atoms with van der Waals surface area (Å²) in [6.45, 7) is 4.96. The van der Waals surface area contributed by atoms with Crippen LogP contribution in [0.5, 0.6) is 0 Å². The summed E-state index contributed by atoms with van der Waals surface area (Å²) in [5.41, 5.74) is 3.71. The lowest BCUT2D eigenvalue weighted by molar-refractivity contribution is -0.107. The standard InChI is InChI=1S/C12H17NO/c1-10-7-11(2)9-12(8-10)13(3)5-4-6-14/h6-9H,4-5H2,1-3H3. The first-order valence-electron chi connectivity index (χ1n) is 4.86. The molecule has 0 radical (unpaired) electrons. The molecule has 2 heteroatoms. The van der Waals surface area contributed by atoms with Gasteiger partial charge in [0.2, 0.25) is 0 Å². The molecule has 76 valence electrons. The highest BCUT2D eigenvalue weighted by molar-refractivity contribution is 5.54. The predicted octanol–water partition coefficient (Wildman–Crippen LogP) is 2.33. The fraction of sp³-hybridized carbons (Fsp3) is 0.417. The summed E-state index contributed by atoms with van der Waals surface area (Å²) < 4.78 is 0.